The van der Waals surface area contributed by atoms with Crippen LogP contribution in [0.2, 0.25) is 0 Å². The molecule has 1 saturated heterocycles. The van der Waals surface area contributed by atoms with Gasteiger partial charge >= 0.3 is 0 Å². The third-order valence-corrected chi connectivity index (χ3v) is 4.21. The fourth-order valence-corrected chi connectivity index (χ4v) is 2.85. The summed E-state index contributed by atoms with van der Waals surface area (Å²) in [7, 11) is 0. The summed E-state index contributed by atoms with van der Waals surface area (Å²) < 4.78 is 10.9. The number of hydrogen-bond acceptors (Lipinski definition) is 6. The fourth-order valence-electron chi connectivity index (χ4n) is 2.85. The molecule has 8 heteroatoms. The van der Waals surface area contributed by atoms with Crippen LogP contribution in [0.25, 0.3) is 11.5 Å². The summed E-state index contributed by atoms with van der Waals surface area (Å²) in [5, 5.41) is 10.8. The number of morpholine rings is 1. The number of ether oxygens (including phenoxy) is 1. The minimum absolute atomic E-state index is 0.120. The molecule has 0 bridgehead atoms. The van der Waals surface area contributed by atoms with Crippen molar-refractivity contribution in [2.24, 2.45) is 0 Å². The van der Waals surface area contributed by atoms with Crippen LogP contribution >= 0.6 is 0 Å². The number of benzene rings is 1. The molecular weight excluding hydrogens is 322 g/mol. The second-order valence-electron chi connectivity index (χ2n) is 5.82. The van der Waals surface area contributed by atoms with E-state index >= 15 is 0 Å². The molecule has 1 aromatic carbocycles. The molecule has 1 N–H and O–H groups in total. The molecule has 1 fully saturated rings. The Hall–Kier alpha value is -3.00. The highest BCUT2D eigenvalue weighted by Gasteiger charge is 2.33. The molecule has 25 heavy (non-hydrogen) atoms. The van der Waals surface area contributed by atoms with E-state index in [0.717, 1.165) is 11.3 Å². The first kappa shape index (κ1) is 15.5. The summed E-state index contributed by atoms with van der Waals surface area (Å²) in [5.74, 6) is 0.742. The first-order valence-corrected chi connectivity index (χ1v) is 8.02. The predicted molar refractivity (Wildman–Crippen MR) is 87.7 cm³/mol. The van der Waals surface area contributed by atoms with Gasteiger partial charge in [0.05, 0.1) is 25.0 Å². The van der Waals surface area contributed by atoms with Crippen molar-refractivity contribution in [3.63, 3.8) is 0 Å². The van der Waals surface area contributed by atoms with Gasteiger partial charge in [-0.2, -0.15) is 10.1 Å². The number of aromatic amines is 1. The topological polar surface area (TPSA) is 97.1 Å². The standard InChI is InChI=1S/C17H17N5O3/c1-11-13(9-18-20-11)17(23)22-7-8-24-10-14(22)15-19-16(25-21-15)12-5-3-2-4-6-12/h2-6,9,14H,7-8,10H2,1H3,(H,18,20). The van der Waals surface area contributed by atoms with Gasteiger partial charge in [-0.3, -0.25) is 9.89 Å². The Balaban J connectivity index is 1.63. The monoisotopic (exact) mass is 339 g/mol. The lowest BCUT2D eigenvalue weighted by Gasteiger charge is -2.33. The quantitative estimate of drug-likeness (QED) is 0.784. The van der Waals surface area contributed by atoms with Crippen LogP contribution in [0.4, 0.5) is 0 Å². The summed E-state index contributed by atoms with van der Waals surface area (Å²) in [6.45, 7) is 3.08. The van der Waals surface area contributed by atoms with Gasteiger partial charge in [-0.1, -0.05) is 23.4 Å². The first-order chi connectivity index (χ1) is 12.2. The average molecular weight is 339 g/mol. The molecule has 0 aliphatic carbocycles. The minimum Gasteiger partial charge on any atom is -0.377 e. The molecule has 1 unspecified atom stereocenters. The smallest absolute Gasteiger partial charge is 0.258 e. The second kappa shape index (κ2) is 6.48. The number of amides is 1. The molecule has 1 atom stereocenters. The molecular formula is C17H17N5O3. The van der Waals surface area contributed by atoms with Crippen molar-refractivity contribution in [1.82, 2.24) is 25.2 Å². The van der Waals surface area contributed by atoms with Gasteiger partial charge in [-0.25, -0.2) is 0 Å². The summed E-state index contributed by atoms with van der Waals surface area (Å²) in [4.78, 5) is 19.0. The van der Waals surface area contributed by atoms with E-state index in [4.69, 9.17) is 9.26 Å². The minimum atomic E-state index is -0.392. The van der Waals surface area contributed by atoms with Crippen molar-refractivity contribution in [2.75, 3.05) is 19.8 Å². The van der Waals surface area contributed by atoms with Crippen LogP contribution in [-0.4, -0.2) is 50.9 Å². The Morgan fingerprint density at radius 2 is 2.16 bits per heavy atom. The van der Waals surface area contributed by atoms with Crippen molar-refractivity contribution in [3.05, 3.63) is 53.6 Å². The zero-order valence-electron chi connectivity index (χ0n) is 13.7. The first-order valence-electron chi connectivity index (χ1n) is 8.02. The van der Waals surface area contributed by atoms with Gasteiger partial charge in [0, 0.05) is 17.8 Å². The number of aryl methyl sites for hydroxylation is 1. The largest absolute Gasteiger partial charge is 0.377 e. The third kappa shape index (κ3) is 2.91. The molecule has 4 rings (SSSR count). The van der Waals surface area contributed by atoms with E-state index in [1.807, 2.05) is 37.3 Å². The van der Waals surface area contributed by atoms with Gasteiger partial charge in [0.1, 0.15) is 6.04 Å². The lowest BCUT2D eigenvalue weighted by atomic mass is 10.1. The van der Waals surface area contributed by atoms with Gasteiger partial charge in [0.2, 0.25) is 0 Å². The molecule has 1 amide bonds. The number of rotatable bonds is 3. The highest BCUT2D eigenvalue weighted by Crippen LogP contribution is 2.26. The number of nitrogens with one attached hydrogen (secondary N) is 1. The highest BCUT2D eigenvalue weighted by atomic mass is 16.5. The SMILES string of the molecule is Cc1[nH]ncc1C(=O)N1CCOCC1c1noc(-c2ccccc2)n1. The fraction of sp³-hybridized carbons (Fsp3) is 0.294. The lowest BCUT2D eigenvalue weighted by Crippen LogP contribution is -2.44. The van der Waals surface area contributed by atoms with Gasteiger partial charge in [0.15, 0.2) is 5.82 Å². The molecule has 2 aromatic heterocycles. The normalized spacial score (nSPS) is 17.6. The van der Waals surface area contributed by atoms with Crippen molar-refractivity contribution in [1.29, 1.82) is 0 Å². The van der Waals surface area contributed by atoms with E-state index in [9.17, 15) is 4.79 Å². The van der Waals surface area contributed by atoms with Crippen molar-refractivity contribution >= 4 is 5.91 Å². The predicted octanol–water partition coefficient (Wildman–Crippen LogP) is 1.98. The maximum absolute atomic E-state index is 12.9. The van der Waals surface area contributed by atoms with Gasteiger partial charge in [-0.15, -0.1) is 0 Å². The van der Waals surface area contributed by atoms with E-state index in [0.29, 0.717) is 37.0 Å². The Kier molecular flexibility index (Phi) is 4.02. The molecule has 0 radical (unpaired) electrons. The number of carbonyl (C=O) groups excluding carboxylic acids is 1. The van der Waals surface area contributed by atoms with Crippen molar-refractivity contribution < 1.29 is 14.1 Å². The number of nitrogens with zero attached hydrogens (tertiary/aromatic N) is 4. The van der Waals surface area contributed by atoms with Gasteiger partial charge < -0.3 is 14.2 Å². The summed E-state index contributed by atoms with van der Waals surface area (Å²) in [5.41, 5.74) is 2.11. The molecule has 0 saturated carbocycles. The Morgan fingerprint density at radius 1 is 1.32 bits per heavy atom. The van der Waals surface area contributed by atoms with Crippen LogP contribution in [0, 0.1) is 6.92 Å². The Bertz CT molecular complexity index is 873. The van der Waals surface area contributed by atoms with Gasteiger partial charge in [-0.05, 0) is 19.1 Å². The van der Waals surface area contributed by atoms with Crippen LogP contribution in [-0.2, 0) is 4.74 Å². The van der Waals surface area contributed by atoms with Crippen LogP contribution < -0.4 is 0 Å². The molecule has 1 aliphatic heterocycles. The number of aromatic nitrogens is 4. The molecule has 8 nitrogen and oxygen atoms in total. The number of H-pyrrole nitrogens is 1. The van der Waals surface area contributed by atoms with E-state index in [1.54, 1.807) is 4.90 Å². The van der Waals surface area contributed by atoms with Crippen molar-refractivity contribution in [2.45, 2.75) is 13.0 Å². The number of carbonyl (C=O) groups is 1. The van der Waals surface area contributed by atoms with E-state index < -0.39 is 6.04 Å². The maximum atomic E-state index is 12.9. The van der Waals surface area contributed by atoms with Crippen LogP contribution in [0.1, 0.15) is 27.9 Å². The molecule has 3 heterocycles. The maximum Gasteiger partial charge on any atom is 0.258 e. The van der Waals surface area contributed by atoms with Crippen LogP contribution in [0.3, 0.4) is 0 Å². The molecule has 128 valence electrons. The Morgan fingerprint density at radius 3 is 2.92 bits per heavy atom. The van der Waals surface area contributed by atoms with E-state index in [-0.39, 0.29) is 5.91 Å². The van der Waals surface area contributed by atoms with E-state index in [1.165, 1.54) is 6.20 Å². The average Bonchev–Trinajstić information content (AvgIpc) is 3.31. The van der Waals surface area contributed by atoms with E-state index in [2.05, 4.69) is 20.3 Å². The van der Waals surface area contributed by atoms with Crippen molar-refractivity contribution in [3.8, 4) is 11.5 Å². The second-order valence-corrected chi connectivity index (χ2v) is 5.82. The summed E-state index contributed by atoms with van der Waals surface area (Å²) >= 11 is 0. The third-order valence-electron chi connectivity index (χ3n) is 4.21. The zero-order valence-corrected chi connectivity index (χ0v) is 13.7. The summed E-state index contributed by atoms with van der Waals surface area (Å²) in [6.07, 6.45) is 1.54. The molecule has 3 aromatic rings. The van der Waals surface area contributed by atoms with Crippen LogP contribution in [0.5, 0.6) is 0 Å². The Labute approximate surface area is 143 Å². The highest BCUT2D eigenvalue weighted by molar-refractivity contribution is 5.95. The lowest BCUT2D eigenvalue weighted by molar-refractivity contribution is -0.00580. The molecule has 0 spiro atoms. The molecule has 1 aliphatic rings. The summed E-state index contributed by atoms with van der Waals surface area (Å²) in [6, 6.07) is 9.13. The number of hydrogen-bond donors (Lipinski definition) is 1. The van der Waals surface area contributed by atoms with Gasteiger partial charge in [0.25, 0.3) is 11.8 Å². The zero-order chi connectivity index (χ0) is 17.2. The van der Waals surface area contributed by atoms with Crippen LogP contribution in [0.15, 0.2) is 41.1 Å².